The van der Waals surface area contributed by atoms with Crippen LogP contribution in [0.5, 0.6) is 0 Å². The lowest BCUT2D eigenvalue weighted by Crippen LogP contribution is -2.37. The van der Waals surface area contributed by atoms with Gasteiger partial charge in [0.05, 0.1) is 0 Å². The molecule has 0 aliphatic rings. The fourth-order valence-corrected chi connectivity index (χ4v) is 2.33. The van der Waals surface area contributed by atoms with Crippen LogP contribution < -0.4 is 10.6 Å². The molecule has 0 radical (unpaired) electrons. The van der Waals surface area contributed by atoms with Crippen molar-refractivity contribution in [2.45, 2.75) is 25.7 Å². The van der Waals surface area contributed by atoms with Crippen LogP contribution in [0.15, 0.2) is 60.7 Å². The predicted molar refractivity (Wildman–Crippen MR) is 90.9 cm³/mol. The molecule has 0 heterocycles. The summed E-state index contributed by atoms with van der Waals surface area (Å²) in [7, 11) is 0. The van der Waals surface area contributed by atoms with Crippen molar-refractivity contribution in [2.75, 3.05) is 13.1 Å². The van der Waals surface area contributed by atoms with Crippen LogP contribution in [0.2, 0.25) is 0 Å². The lowest BCUT2D eigenvalue weighted by atomic mass is 10.1. The Morgan fingerprint density at radius 3 is 1.86 bits per heavy atom. The SMILES string of the molecule is O=C(NCCCCc1ccccc1)NCCc1ccccc1. The van der Waals surface area contributed by atoms with Crippen LogP contribution in [0.3, 0.4) is 0 Å². The Morgan fingerprint density at radius 2 is 1.23 bits per heavy atom. The minimum absolute atomic E-state index is 0.0735. The number of hydrogen-bond donors (Lipinski definition) is 2. The van der Waals surface area contributed by atoms with E-state index in [-0.39, 0.29) is 6.03 Å². The highest BCUT2D eigenvalue weighted by Crippen LogP contribution is 2.03. The fourth-order valence-electron chi connectivity index (χ4n) is 2.33. The van der Waals surface area contributed by atoms with Gasteiger partial charge in [-0.1, -0.05) is 60.7 Å². The highest BCUT2D eigenvalue weighted by Gasteiger charge is 1.99. The monoisotopic (exact) mass is 296 g/mol. The molecule has 2 aromatic rings. The van der Waals surface area contributed by atoms with E-state index in [1.807, 2.05) is 24.3 Å². The number of rotatable bonds is 8. The number of aryl methyl sites for hydroxylation is 1. The first kappa shape index (κ1) is 16.1. The van der Waals surface area contributed by atoms with Gasteiger partial charge < -0.3 is 10.6 Å². The molecule has 116 valence electrons. The van der Waals surface area contributed by atoms with Crippen molar-refractivity contribution >= 4 is 6.03 Å². The second-order valence-corrected chi connectivity index (χ2v) is 5.36. The third-order valence-electron chi connectivity index (χ3n) is 3.56. The molecule has 0 aliphatic carbocycles. The molecule has 2 N–H and O–H groups in total. The molecule has 2 aromatic carbocycles. The van der Waals surface area contributed by atoms with E-state index in [1.165, 1.54) is 11.1 Å². The number of amides is 2. The van der Waals surface area contributed by atoms with Gasteiger partial charge in [-0.3, -0.25) is 0 Å². The average molecular weight is 296 g/mol. The van der Waals surface area contributed by atoms with Crippen molar-refractivity contribution in [3.05, 3.63) is 71.8 Å². The molecular weight excluding hydrogens is 272 g/mol. The Morgan fingerprint density at radius 1 is 0.682 bits per heavy atom. The molecule has 22 heavy (non-hydrogen) atoms. The van der Waals surface area contributed by atoms with Crippen molar-refractivity contribution in [1.29, 1.82) is 0 Å². The third-order valence-corrected chi connectivity index (χ3v) is 3.56. The summed E-state index contributed by atoms with van der Waals surface area (Å²) in [6.07, 6.45) is 4.02. The van der Waals surface area contributed by atoms with E-state index < -0.39 is 0 Å². The van der Waals surface area contributed by atoms with Crippen LogP contribution in [0, 0.1) is 0 Å². The zero-order valence-electron chi connectivity index (χ0n) is 12.9. The van der Waals surface area contributed by atoms with E-state index in [0.717, 1.165) is 32.2 Å². The number of carbonyl (C=O) groups is 1. The van der Waals surface area contributed by atoms with Crippen LogP contribution in [-0.2, 0) is 12.8 Å². The van der Waals surface area contributed by atoms with Gasteiger partial charge in [-0.2, -0.15) is 0 Å². The van der Waals surface area contributed by atoms with Crippen molar-refractivity contribution in [3.8, 4) is 0 Å². The van der Waals surface area contributed by atoms with Gasteiger partial charge in [0.25, 0.3) is 0 Å². The van der Waals surface area contributed by atoms with Crippen LogP contribution in [0.25, 0.3) is 0 Å². The maximum absolute atomic E-state index is 11.6. The predicted octanol–water partition coefficient (Wildman–Crippen LogP) is 3.55. The molecule has 3 heteroatoms. The van der Waals surface area contributed by atoms with E-state index in [0.29, 0.717) is 6.54 Å². The maximum atomic E-state index is 11.6. The Kier molecular flexibility index (Phi) is 7.03. The zero-order valence-corrected chi connectivity index (χ0v) is 12.9. The molecule has 0 aromatic heterocycles. The Labute approximate surface area is 132 Å². The first-order chi connectivity index (χ1) is 10.8. The zero-order chi connectivity index (χ0) is 15.5. The number of urea groups is 1. The number of hydrogen-bond acceptors (Lipinski definition) is 1. The highest BCUT2D eigenvalue weighted by atomic mass is 16.2. The van der Waals surface area contributed by atoms with Gasteiger partial charge in [0, 0.05) is 13.1 Å². The molecule has 0 saturated heterocycles. The molecule has 0 bridgehead atoms. The molecular formula is C19H24N2O. The third kappa shape index (κ3) is 6.44. The van der Waals surface area contributed by atoms with Crippen molar-refractivity contribution < 1.29 is 4.79 Å². The standard InChI is InChI=1S/C19H24N2O/c22-19(21-16-14-18-11-5-2-6-12-18)20-15-8-7-13-17-9-3-1-4-10-17/h1-6,9-12H,7-8,13-16H2,(H2,20,21,22). The molecule has 0 aliphatic heterocycles. The van der Waals surface area contributed by atoms with Gasteiger partial charge in [-0.25, -0.2) is 4.79 Å². The number of unbranched alkanes of at least 4 members (excludes halogenated alkanes) is 1. The summed E-state index contributed by atoms with van der Waals surface area (Å²) >= 11 is 0. The second kappa shape index (κ2) is 9.61. The van der Waals surface area contributed by atoms with E-state index in [2.05, 4.69) is 47.0 Å². The van der Waals surface area contributed by atoms with Gasteiger partial charge in [0.1, 0.15) is 0 Å². The van der Waals surface area contributed by atoms with Crippen molar-refractivity contribution in [3.63, 3.8) is 0 Å². The van der Waals surface area contributed by atoms with E-state index >= 15 is 0 Å². The molecule has 0 fully saturated rings. The lowest BCUT2D eigenvalue weighted by Gasteiger charge is -2.07. The summed E-state index contributed by atoms with van der Waals surface area (Å²) in [5, 5.41) is 5.79. The number of nitrogens with one attached hydrogen (secondary N) is 2. The van der Waals surface area contributed by atoms with Crippen LogP contribution in [0.4, 0.5) is 4.79 Å². The first-order valence-electron chi connectivity index (χ1n) is 7.94. The fraction of sp³-hybridized carbons (Fsp3) is 0.316. The van der Waals surface area contributed by atoms with Crippen LogP contribution in [0.1, 0.15) is 24.0 Å². The second-order valence-electron chi connectivity index (χ2n) is 5.36. The minimum atomic E-state index is -0.0735. The lowest BCUT2D eigenvalue weighted by molar-refractivity contribution is 0.241. The molecule has 0 saturated carbocycles. The maximum Gasteiger partial charge on any atom is 0.314 e. The van der Waals surface area contributed by atoms with Crippen LogP contribution in [-0.4, -0.2) is 19.1 Å². The summed E-state index contributed by atoms with van der Waals surface area (Å²) in [6, 6.07) is 20.5. The molecule has 2 rings (SSSR count). The van der Waals surface area contributed by atoms with Gasteiger partial charge in [0.2, 0.25) is 0 Å². The minimum Gasteiger partial charge on any atom is -0.338 e. The molecule has 2 amide bonds. The van der Waals surface area contributed by atoms with Gasteiger partial charge in [-0.05, 0) is 36.8 Å². The number of carbonyl (C=O) groups excluding carboxylic acids is 1. The highest BCUT2D eigenvalue weighted by molar-refractivity contribution is 5.73. The molecule has 3 nitrogen and oxygen atoms in total. The van der Waals surface area contributed by atoms with Gasteiger partial charge >= 0.3 is 6.03 Å². The summed E-state index contributed by atoms with van der Waals surface area (Å²) in [4.78, 5) is 11.6. The largest absolute Gasteiger partial charge is 0.338 e. The van der Waals surface area contributed by atoms with Crippen LogP contribution >= 0.6 is 0 Å². The molecule has 0 spiro atoms. The summed E-state index contributed by atoms with van der Waals surface area (Å²) in [5.41, 5.74) is 2.60. The Balaban J connectivity index is 1.49. The molecule has 0 unspecified atom stereocenters. The van der Waals surface area contributed by atoms with E-state index in [9.17, 15) is 4.79 Å². The summed E-state index contributed by atoms with van der Waals surface area (Å²) in [5.74, 6) is 0. The normalized spacial score (nSPS) is 10.2. The molecule has 0 atom stereocenters. The smallest absolute Gasteiger partial charge is 0.314 e. The summed E-state index contributed by atoms with van der Waals surface area (Å²) in [6.45, 7) is 1.39. The first-order valence-corrected chi connectivity index (χ1v) is 7.94. The van der Waals surface area contributed by atoms with Gasteiger partial charge in [0.15, 0.2) is 0 Å². The van der Waals surface area contributed by atoms with Crippen molar-refractivity contribution in [1.82, 2.24) is 10.6 Å². The van der Waals surface area contributed by atoms with E-state index in [1.54, 1.807) is 0 Å². The Bertz CT molecular complexity index is 540. The average Bonchev–Trinajstić information content (AvgIpc) is 2.56. The quantitative estimate of drug-likeness (QED) is 0.719. The van der Waals surface area contributed by atoms with Gasteiger partial charge in [-0.15, -0.1) is 0 Å². The summed E-state index contributed by atoms with van der Waals surface area (Å²) < 4.78 is 0. The van der Waals surface area contributed by atoms with Crippen molar-refractivity contribution in [2.24, 2.45) is 0 Å². The van der Waals surface area contributed by atoms with E-state index in [4.69, 9.17) is 0 Å². The Hall–Kier alpha value is -2.29. The topological polar surface area (TPSA) is 41.1 Å². The number of benzene rings is 2.